The summed E-state index contributed by atoms with van der Waals surface area (Å²) in [5, 5.41) is 31.3. The van der Waals surface area contributed by atoms with Crippen LogP contribution in [0.25, 0.3) is 22.2 Å². The van der Waals surface area contributed by atoms with Crippen LogP contribution in [0.4, 0.5) is 10.5 Å². The summed E-state index contributed by atoms with van der Waals surface area (Å²) in [4.78, 5) is 14.3. The zero-order valence-corrected chi connectivity index (χ0v) is 21.5. The Morgan fingerprint density at radius 2 is 1.89 bits per heavy atom. The quantitative estimate of drug-likeness (QED) is 0.320. The molecule has 1 saturated carbocycles. The Labute approximate surface area is 222 Å². The van der Waals surface area contributed by atoms with E-state index in [0.29, 0.717) is 23.7 Å². The Morgan fingerprint density at radius 1 is 1.11 bits per heavy atom. The highest BCUT2D eigenvalue weighted by Gasteiger charge is 2.31. The first-order chi connectivity index (χ1) is 18.6. The van der Waals surface area contributed by atoms with Crippen molar-refractivity contribution in [2.45, 2.75) is 57.2 Å². The number of nitrogens with one attached hydrogen (secondary N) is 1. The highest BCUT2D eigenvalue weighted by molar-refractivity contribution is 5.93. The molecule has 0 bridgehead atoms. The third-order valence-corrected chi connectivity index (χ3v) is 7.56. The molecule has 38 heavy (non-hydrogen) atoms. The first-order valence-electron chi connectivity index (χ1n) is 13.2. The van der Waals surface area contributed by atoms with Gasteiger partial charge in [-0.1, -0.05) is 47.7 Å². The van der Waals surface area contributed by atoms with E-state index in [4.69, 9.17) is 5.26 Å². The lowest BCUT2D eigenvalue weighted by Crippen LogP contribution is -2.44. The number of rotatable bonds is 8. The van der Waals surface area contributed by atoms with Crippen LogP contribution in [0.2, 0.25) is 0 Å². The molecule has 5 rings (SSSR count). The Morgan fingerprint density at radius 3 is 2.61 bits per heavy atom. The van der Waals surface area contributed by atoms with Crippen LogP contribution in [0.15, 0.2) is 66.7 Å². The second-order valence-electron chi connectivity index (χ2n) is 9.90. The van der Waals surface area contributed by atoms with Crippen LogP contribution >= 0.6 is 0 Å². The Balaban J connectivity index is 1.40. The molecule has 0 radical (unpaired) electrons. The van der Waals surface area contributed by atoms with Crippen molar-refractivity contribution in [1.29, 1.82) is 5.26 Å². The molecule has 1 aromatic heterocycles. The molecule has 0 unspecified atom stereocenters. The maximum atomic E-state index is 12.7. The molecule has 194 valence electrons. The summed E-state index contributed by atoms with van der Waals surface area (Å²) in [5.74, 6) is 0. The summed E-state index contributed by atoms with van der Waals surface area (Å²) in [6, 6.07) is 24.2. The molecule has 3 aromatic carbocycles. The minimum absolute atomic E-state index is 0.0466. The van der Waals surface area contributed by atoms with E-state index in [0.717, 1.165) is 66.4 Å². The highest BCUT2D eigenvalue weighted by atomic mass is 16.4. The van der Waals surface area contributed by atoms with Gasteiger partial charge < -0.3 is 10.4 Å². The summed E-state index contributed by atoms with van der Waals surface area (Å²) in [5.41, 5.74) is 5.97. The predicted molar refractivity (Wildman–Crippen MR) is 148 cm³/mol. The Bertz CT molecular complexity index is 1450. The molecule has 1 aliphatic carbocycles. The van der Waals surface area contributed by atoms with Crippen molar-refractivity contribution in [3.8, 4) is 17.2 Å². The molecule has 1 aliphatic rings. The summed E-state index contributed by atoms with van der Waals surface area (Å²) in [6.45, 7) is 0.675. The summed E-state index contributed by atoms with van der Waals surface area (Å²) < 4.78 is 1.86. The number of fused-ring (bicyclic) bond motifs is 1. The fourth-order valence-corrected chi connectivity index (χ4v) is 5.51. The number of aryl methyl sites for hydroxylation is 2. The predicted octanol–water partition coefficient (Wildman–Crippen LogP) is 5.62. The van der Waals surface area contributed by atoms with E-state index in [2.05, 4.69) is 39.9 Å². The van der Waals surface area contributed by atoms with Crippen molar-refractivity contribution < 1.29 is 9.90 Å². The fraction of sp³-hybridized carbons (Fsp3) is 0.333. The van der Waals surface area contributed by atoms with Crippen molar-refractivity contribution in [3.63, 3.8) is 0 Å². The average molecular weight is 509 g/mol. The molecule has 0 atom stereocenters. The molecule has 0 aliphatic heterocycles. The van der Waals surface area contributed by atoms with Crippen LogP contribution in [0.5, 0.6) is 0 Å². The number of benzene rings is 3. The number of hydrogen-bond acceptors (Lipinski definition) is 5. The van der Waals surface area contributed by atoms with Gasteiger partial charge in [-0.15, -0.1) is 5.10 Å². The number of aromatic nitrogens is 3. The number of anilines is 1. The van der Waals surface area contributed by atoms with E-state index < -0.39 is 6.09 Å². The van der Waals surface area contributed by atoms with Crippen molar-refractivity contribution >= 4 is 22.8 Å². The molecule has 1 heterocycles. The minimum atomic E-state index is -0.905. The number of hydrogen-bond donors (Lipinski definition) is 2. The van der Waals surface area contributed by atoms with Crippen LogP contribution in [0.1, 0.15) is 43.2 Å². The molecule has 8 heteroatoms. The van der Waals surface area contributed by atoms with Crippen LogP contribution < -0.4 is 10.2 Å². The Kier molecular flexibility index (Phi) is 7.66. The van der Waals surface area contributed by atoms with Gasteiger partial charge in [0, 0.05) is 24.2 Å². The lowest BCUT2D eigenvalue weighted by molar-refractivity contribution is 0.195. The van der Waals surface area contributed by atoms with Gasteiger partial charge in [-0.05, 0) is 81.0 Å². The van der Waals surface area contributed by atoms with Crippen LogP contribution in [-0.4, -0.2) is 45.3 Å². The van der Waals surface area contributed by atoms with Gasteiger partial charge in [-0.2, -0.15) is 5.26 Å². The van der Waals surface area contributed by atoms with Gasteiger partial charge in [0.25, 0.3) is 0 Å². The number of nitrogens with zero attached hydrogens (tertiary/aromatic N) is 5. The first-order valence-corrected chi connectivity index (χ1v) is 13.2. The second kappa shape index (κ2) is 11.4. The third-order valence-electron chi connectivity index (χ3n) is 7.56. The molecule has 1 amide bonds. The fourth-order valence-electron chi connectivity index (χ4n) is 5.51. The maximum absolute atomic E-state index is 12.7. The van der Waals surface area contributed by atoms with E-state index in [1.807, 2.05) is 48.1 Å². The third kappa shape index (κ3) is 5.38. The average Bonchev–Trinajstić information content (AvgIpc) is 3.36. The van der Waals surface area contributed by atoms with Gasteiger partial charge in [-0.25, -0.2) is 9.48 Å². The van der Waals surface area contributed by atoms with Crippen molar-refractivity contribution in [2.75, 3.05) is 11.9 Å². The van der Waals surface area contributed by atoms with Gasteiger partial charge in [0.05, 0.1) is 22.8 Å². The number of nitriles is 1. The number of amides is 1. The molecular formula is C30H32N6O2. The van der Waals surface area contributed by atoms with Gasteiger partial charge in [0.2, 0.25) is 0 Å². The summed E-state index contributed by atoms with van der Waals surface area (Å²) >= 11 is 0. The summed E-state index contributed by atoms with van der Waals surface area (Å²) in [6.07, 6.45) is 4.30. The SMILES string of the molecule is CN[C@H]1CC[C@H](N(C(=O)O)c2cc(CCCn3nnc4cc(C#N)ccc43)ccc2-c2ccccc2)CC1. The van der Waals surface area contributed by atoms with Crippen molar-refractivity contribution in [1.82, 2.24) is 20.3 Å². The van der Waals surface area contributed by atoms with Gasteiger partial charge in [0.15, 0.2) is 0 Å². The molecule has 0 spiro atoms. The molecular weight excluding hydrogens is 476 g/mol. The zero-order valence-electron chi connectivity index (χ0n) is 21.5. The zero-order chi connectivity index (χ0) is 26.5. The first kappa shape index (κ1) is 25.4. The van der Waals surface area contributed by atoms with Crippen molar-refractivity contribution in [3.05, 3.63) is 77.9 Å². The van der Waals surface area contributed by atoms with Crippen LogP contribution in [0, 0.1) is 11.3 Å². The number of carboxylic acid groups (broad SMARTS) is 1. The van der Waals surface area contributed by atoms with E-state index >= 15 is 0 Å². The second-order valence-corrected chi connectivity index (χ2v) is 9.90. The molecule has 0 saturated heterocycles. The largest absolute Gasteiger partial charge is 0.465 e. The van der Waals surface area contributed by atoms with E-state index in [1.165, 1.54) is 0 Å². The molecule has 8 nitrogen and oxygen atoms in total. The maximum Gasteiger partial charge on any atom is 0.412 e. The van der Waals surface area contributed by atoms with Crippen LogP contribution in [-0.2, 0) is 13.0 Å². The summed E-state index contributed by atoms with van der Waals surface area (Å²) in [7, 11) is 1.97. The van der Waals surface area contributed by atoms with Gasteiger partial charge in [-0.3, -0.25) is 4.90 Å². The Hall–Kier alpha value is -4.22. The smallest absolute Gasteiger partial charge is 0.412 e. The standard InChI is InChI=1S/C30H32N6O2/c1-32-24-11-13-25(14-12-24)36(30(37)38)29-19-21(9-15-26(29)23-7-3-2-4-8-23)6-5-17-35-28-16-10-22(20-31)18-27(28)33-34-35/h2-4,7-10,15-16,18-19,24-25,32H,5-6,11-14,17H2,1H3,(H,37,38)/t24-,25-. The lowest BCUT2D eigenvalue weighted by atomic mass is 9.89. The molecule has 4 aromatic rings. The minimum Gasteiger partial charge on any atom is -0.465 e. The van der Waals surface area contributed by atoms with Gasteiger partial charge in [0.1, 0.15) is 5.52 Å². The van der Waals surface area contributed by atoms with E-state index in [9.17, 15) is 9.90 Å². The van der Waals surface area contributed by atoms with Crippen molar-refractivity contribution in [2.24, 2.45) is 0 Å². The highest BCUT2D eigenvalue weighted by Crippen LogP contribution is 2.36. The number of carbonyl (C=O) groups is 1. The monoisotopic (exact) mass is 508 g/mol. The van der Waals surface area contributed by atoms with E-state index in [1.54, 1.807) is 17.0 Å². The topological polar surface area (TPSA) is 107 Å². The molecule has 1 fully saturated rings. The molecule has 2 N–H and O–H groups in total. The normalized spacial score (nSPS) is 17.3. The van der Waals surface area contributed by atoms with E-state index in [-0.39, 0.29) is 6.04 Å². The lowest BCUT2D eigenvalue weighted by Gasteiger charge is -2.36. The van der Waals surface area contributed by atoms with Gasteiger partial charge >= 0.3 is 6.09 Å². The van der Waals surface area contributed by atoms with Crippen LogP contribution in [0.3, 0.4) is 0 Å².